The van der Waals surface area contributed by atoms with E-state index >= 15 is 0 Å². The van der Waals surface area contributed by atoms with E-state index in [9.17, 15) is 4.79 Å². The fourth-order valence-corrected chi connectivity index (χ4v) is 0.767. The molecule has 1 aromatic rings. The van der Waals surface area contributed by atoms with Crippen molar-refractivity contribution in [1.29, 1.82) is 0 Å². The zero-order chi connectivity index (χ0) is 8.27. The molecule has 0 amide bonds. The SMILES string of the molecule is Cc1ccc(O)cc1N=C=O. The van der Waals surface area contributed by atoms with Crippen LogP contribution >= 0.6 is 0 Å². The number of hydrogen-bond acceptors (Lipinski definition) is 3. The molecule has 0 heterocycles. The summed E-state index contributed by atoms with van der Waals surface area (Å²) in [6, 6.07) is 4.64. The molecule has 1 rings (SSSR count). The van der Waals surface area contributed by atoms with E-state index in [-0.39, 0.29) is 5.75 Å². The highest BCUT2D eigenvalue weighted by molar-refractivity contribution is 5.55. The Morgan fingerprint density at radius 2 is 2.27 bits per heavy atom. The fourth-order valence-electron chi connectivity index (χ4n) is 0.767. The third kappa shape index (κ3) is 1.66. The predicted octanol–water partition coefficient (Wildman–Crippen LogP) is 1.67. The van der Waals surface area contributed by atoms with Gasteiger partial charge in [-0.25, -0.2) is 4.79 Å². The lowest BCUT2D eigenvalue weighted by atomic mass is 10.2. The number of hydrogen-bond donors (Lipinski definition) is 1. The Labute approximate surface area is 64.0 Å². The zero-order valence-corrected chi connectivity index (χ0v) is 6.03. The van der Waals surface area contributed by atoms with Crippen LogP contribution in [0.25, 0.3) is 0 Å². The smallest absolute Gasteiger partial charge is 0.240 e. The van der Waals surface area contributed by atoms with Gasteiger partial charge in [0.2, 0.25) is 6.08 Å². The Kier molecular flexibility index (Phi) is 2.04. The summed E-state index contributed by atoms with van der Waals surface area (Å²) in [5.74, 6) is 0.101. The van der Waals surface area contributed by atoms with Crippen molar-refractivity contribution in [3.05, 3.63) is 23.8 Å². The largest absolute Gasteiger partial charge is 0.508 e. The summed E-state index contributed by atoms with van der Waals surface area (Å²) in [7, 11) is 0. The lowest BCUT2D eigenvalue weighted by molar-refractivity contribution is 0.475. The molecule has 0 aliphatic carbocycles. The molecule has 1 aromatic carbocycles. The first-order valence-corrected chi connectivity index (χ1v) is 3.11. The van der Waals surface area contributed by atoms with Gasteiger partial charge in [-0.1, -0.05) is 6.07 Å². The van der Waals surface area contributed by atoms with E-state index in [4.69, 9.17) is 5.11 Å². The van der Waals surface area contributed by atoms with Gasteiger partial charge in [0.25, 0.3) is 0 Å². The van der Waals surface area contributed by atoms with Gasteiger partial charge in [0.15, 0.2) is 0 Å². The number of aromatic hydroxyl groups is 1. The van der Waals surface area contributed by atoms with Crippen molar-refractivity contribution >= 4 is 11.8 Å². The summed E-state index contributed by atoms with van der Waals surface area (Å²) >= 11 is 0. The summed E-state index contributed by atoms with van der Waals surface area (Å²) in [6.45, 7) is 1.80. The molecule has 0 aromatic heterocycles. The fraction of sp³-hybridized carbons (Fsp3) is 0.125. The number of phenolic OH excluding ortho intramolecular Hbond substituents is 1. The van der Waals surface area contributed by atoms with Crippen LogP contribution in [-0.4, -0.2) is 11.2 Å². The van der Waals surface area contributed by atoms with Crippen LogP contribution < -0.4 is 0 Å². The molecule has 0 aliphatic rings. The zero-order valence-electron chi connectivity index (χ0n) is 6.03. The second kappa shape index (κ2) is 2.99. The molecule has 0 saturated carbocycles. The minimum Gasteiger partial charge on any atom is -0.508 e. The van der Waals surface area contributed by atoms with Gasteiger partial charge >= 0.3 is 0 Å². The quantitative estimate of drug-likeness (QED) is 0.487. The number of rotatable bonds is 1. The maximum Gasteiger partial charge on any atom is 0.240 e. The van der Waals surface area contributed by atoms with Crippen molar-refractivity contribution < 1.29 is 9.90 Å². The number of aryl methyl sites for hydroxylation is 1. The molecule has 0 atom stereocenters. The van der Waals surface area contributed by atoms with Crippen molar-refractivity contribution in [1.82, 2.24) is 0 Å². The molecule has 0 fully saturated rings. The van der Waals surface area contributed by atoms with Gasteiger partial charge in [-0.3, -0.25) is 0 Å². The van der Waals surface area contributed by atoms with Crippen LogP contribution in [0.5, 0.6) is 5.75 Å². The molecule has 56 valence electrons. The van der Waals surface area contributed by atoms with Crippen LogP contribution in [0, 0.1) is 6.92 Å². The molecular formula is C8H7NO2. The highest BCUT2D eigenvalue weighted by atomic mass is 16.3. The van der Waals surface area contributed by atoms with Crippen molar-refractivity contribution in [3.8, 4) is 5.75 Å². The third-order valence-electron chi connectivity index (χ3n) is 1.36. The number of isocyanates is 1. The van der Waals surface area contributed by atoms with Crippen molar-refractivity contribution in [2.45, 2.75) is 6.92 Å². The molecule has 0 unspecified atom stereocenters. The molecule has 3 heteroatoms. The Hall–Kier alpha value is -1.60. The second-order valence-corrected chi connectivity index (χ2v) is 2.17. The number of carbonyl (C=O) groups excluding carboxylic acids is 1. The summed E-state index contributed by atoms with van der Waals surface area (Å²) in [5.41, 5.74) is 1.30. The van der Waals surface area contributed by atoms with E-state index < -0.39 is 0 Å². The summed E-state index contributed by atoms with van der Waals surface area (Å²) in [4.78, 5) is 13.3. The first-order chi connectivity index (χ1) is 5.24. The average molecular weight is 149 g/mol. The van der Waals surface area contributed by atoms with Gasteiger partial charge in [0.1, 0.15) is 5.75 Å². The van der Waals surface area contributed by atoms with E-state index in [1.807, 2.05) is 0 Å². The van der Waals surface area contributed by atoms with Crippen LogP contribution in [0.3, 0.4) is 0 Å². The number of phenols is 1. The van der Waals surface area contributed by atoms with Gasteiger partial charge < -0.3 is 5.11 Å². The standard InChI is InChI=1S/C8H7NO2/c1-6-2-3-7(11)4-8(6)9-5-10/h2-4,11H,1H3. The van der Waals surface area contributed by atoms with Gasteiger partial charge in [0.05, 0.1) is 5.69 Å². The summed E-state index contributed by atoms with van der Waals surface area (Å²) < 4.78 is 0. The first-order valence-electron chi connectivity index (χ1n) is 3.11. The number of aliphatic imine (C=N–C) groups is 1. The predicted molar refractivity (Wildman–Crippen MR) is 40.6 cm³/mol. The van der Waals surface area contributed by atoms with Crippen molar-refractivity contribution in [2.75, 3.05) is 0 Å². The van der Waals surface area contributed by atoms with Gasteiger partial charge in [-0.05, 0) is 18.6 Å². The van der Waals surface area contributed by atoms with Crippen LogP contribution in [0.2, 0.25) is 0 Å². The second-order valence-electron chi connectivity index (χ2n) is 2.17. The Morgan fingerprint density at radius 3 is 2.91 bits per heavy atom. The van der Waals surface area contributed by atoms with E-state index in [2.05, 4.69) is 4.99 Å². The van der Waals surface area contributed by atoms with Crippen LogP contribution in [-0.2, 0) is 4.79 Å². The van der Waals surface area contributed by atoms with E-state index in [1.54, 1.807) is 19.1 Å². The highest BCUT2D eigenvalue weighted by Crippen LogP contribution is 2.22. The minimum absolute atomic E-state index is 0.101. The normalized spacial score (nSPS) is 8.82. The van der Waals surface area contributed by atoms with E-state index in [1.165, 1.54) is 12.1 Å². The molecule has 0 spiro atoms. The molecule has 0 aliphatic heterocycles. The molecule has 0 saturated heterocycles. The summed E-state index contributed by atoms with van der Waals surface area (Å²) in [6.07, 6.45) is 1.42. The Bertz CT molecular complexity index is 314. The maximum absolute atomic E-state index is 9.86. The highest BCUT2D eigenvalue weighted by Gasteiger charge is 1.96. The Balaban J connectivity index is 3.22. The van der Waals surface area contributed by atoms with Crippen LogP contribution in [0.1, 0.15) is 5.56 Å². The maximum atomic E-state index is 9.86. The molecule has 0 radical (unpaired) electrons. The average Bonchev–Trinajstić information content (AvgIpc) is 1.98. The van der Waals surface area contributed by atoms with Gasteiger partial charge in [0, 0.05) is 6.07 Å². The third-order valence-corrected chi connectivity index (χ3v) is 1.36. The first kappa shape index (κ1) is 7.51. The van der Waals surface area contributed by atoms with E-state index in [0.717, 1.165) is 5.56 Å². The monoisotopic (exact) mass is 149 g/mol. The van der Waals surface area contributed by atoms with Crippen molar-refractivity contribution in [3.63, 3.8) is 0 Å². The van der Waals surface area contributed by atoms with Gasteiger partial charge in [-0.15, -0.1) is 0 Å². The molecule has 0 bridgehead atoms. The van der Waals surface area contributed by atoms with Crippen LogP contribution in [0.15, 0.2) is 23.2 Å². The lowest BCUT2D eigenvalue weighted by Crippen LogP contribution is -1.72. The van der Waals surface area contributed by atoms with Gasteiger partial charge in [-0.2, -0.15) is 4.99 Å². The minimum atomic E-state index is 0.101. The van der Waals surface area contributed by atoms with Crippen LogP contribution in [0.4, 0.5) is 5.69 Å². The topological polar surface area (TPSA) is 49.7 Å². The molecule has 3 nitrogen and oxygen atoms in total. The molecule has 11 heavy (non-hydrogen) atoms. The molecule has 1 N–H and O–H groups in total. The van der Waals surface area contributed by atoms with Crippen molar-refractivity contribution in [2.24, 2.45) is 4.99 Å². The summed E-state index contributed by atoms with van der Waals surface area (Å²) in [5, 5.41) is 8.97. The number of nitrogens with zero attached hydrogens (tertiary/aromatic N) is 1. The lowest BCUT2D eigenvalue weighted by Gasteiger charge is -1.96. The van der Waals surface area contributed by atoms with E-state index in [0.29, 0.717) is 5.69 Å². The Morgan fingerprint density at radius 1 is 1.55 bits per heavy atom. The number of benzene rings is 1. The molecular weight excluding hydrogens is 142 g/mol.